The Bertz CT molecular complexity index is 1660. The number of Topliss-reactive ketones (excluding diaryl/α,β-unsaturated/α-hetero) is 1. The number of carbonyl (C=O) groups excluding carboxylic acids is 3. The lowest BCUT2D eigenvalue weighted by Gasteiger charge is -2.27. The number of hydrogen-bond acceptors (Lipinski definition) is 7. The maximum Gasteiger partial charge on any atom is 0.416 e. The number of hydrogen-bond donors (Lipinski definition) is 2. The van der Waals surface area contributed by atoms with Gasteiger partial charge in [-0.3, -0.25) is 14.4 Å². The number of carbonyl (C=O) groups is 3. The summed E-state index contributed by atoms with van der Waals surface area (Å²) >= 11 is 0. The molecule has 2 fully saturated rings. The number of sulfonamides is 1. The summed E-state index contributed by atoms with van der Waals surface area (Å²) in [5.74, 6) is -1.76. The third-order valence-electron chi connectivity index (χ3n) is 8.40. The fourth-order valence-corrected chi connectivity index (χ4v) is 7.31. The van der Waals surface area contributed by atoms with Crippen LogP contribution in [0.1, 0.15) is 67.5 Å². The monoisotopic (exact) mass is 660 g/mol. The van der Waals surface area contributed by atoms with E-state index in [1.807, 2.05) is 0 Å². The Hall–Kier alpha value is -4.04. The van der Waals surface area contributed by atoms with E-state index in [2.05, 4.69) is 15.6 Å². The molecule has 2 N–H and O–H groups in total. The van der Waals surface area contributed by atoms with Gasteiger partial charge < -0.3 is 15.1 Å². The molecule has 2 atom stereocenters. The first-order chi connectivity index (χ1) is 21.9. The minimum atomic E-state index is -4.55. The number of halogens is 3. The van der Waals surface area contributed by atoms with Gasteiger partial charge in [0, 0.05) is 18.3 Å². The van der Waals surface area contributed by atoms with Crippen LogP contribution in [-0.2, 0) is 25.8 Å². The minimum absolute atomic E-state index is 0.0544. The van der Waals surface area contributed by atoms with E-state index in [0.717, 1.165) is 48.5 Å². The van der Waals surface area contributed by atoms with E-state index in [1.54, 1.807) is 6.07 Å². The molecule has 14 heteroatoms. The number of ketones is 1. The van der Waals surface area contributed by atoms with E-state index >= 15 is 0 Å². The highest BCUT2D eigenvalue weighted by Crippen LogP contribution is 2.33. The van der Waals surface area contributed by atoms with Gasteiger partial charge in [0.25, 0.3) is 15.9 Å². The molecule has 246 valence electrons. The Labute approximate surface area is 264 Å². The average molecular weight is 661 g/mol. The molecule has 2 aromatic heterocycles. The fourth-order valence-electron chi connectivity index (χ4n) is 5.94. The van der Waals surface area contributed by atoms with E-state index in [1.165, 1.54) is 42.6 Å². The van der Waals surface area contributed by atoms with Gasteiger partial charge in [-0.05, 0) is 61.6 Å². The summed E-state index contributed by atoms with van der Waals surface area (Å²) < 4.78 is 72.4. The summed E-state index contributed by atoms with van der Waals surface area (Å²) in [5, 5.41) is 5.27. The van der Waals surface area contributed by atoms with Crippen molar-refractivity contribution >= 4 is 27.6 Å². The highest BCUT2D eigenvalue weighted by molar-refractivity contribution is 7.89. The van der Waals surface area contributed by atoms with Gasteiger partial charge in [-0.1, -0.05) is 50.3 Å². The molecule has 1 aliphatic heterocycles. The first-order valence-corrected chi connectivity index (χ1v) is 16.7. The fraction of sp³-hybridized carbons (Fsp3) is 0.438. The van der Waals surface area contributed by atoms with Gasteiger partial charge in [-0.15, -0.1) is 0 Å². The summed E-state index contributed by atoms with van der Waals surface area (Å²) in [4.78, 5) is 44.0. The van der Waals surface area contributed by atoms with E-state index in [4.69, 9.17) is 4.42 Å². The van der Waals surface area contributed by atoms with Gasteiger partial charge >= 0.3 is 6.18 Å². The smallest absolute Gasteiger partial charge is 0.416 e. The van der Waals surface area contributed by atoms with E-state index in [0.29, 0.717) is 12.8 Å². The van der Waals surface area contributed by atoms with Gasteiger partial charge in [0.2, 0.25) is 5.91 Å². The van der Waals surface area contributed by atoms with Crippen molar-refractivity contribution in [3.63, 3.8) is 0 Å². The molecule has 5 rings (SSSR count). The van der Waals surface area contributed by atoms with Crippen molar-refractivity contribution in [2.24, 2.45) is 5.92 Å². The molecule has 0 unspecified atom stereocenters. The normalized spacial score (nSPS) is 19.3. The second-order valence-corrected chi connectivity index (χ2v) is 13.6. The summed E-state index contributed by atoms with van der Waals surface area (Å²) in [7, 11) is -4.01. The number of nitrogens with one attached hydrogen (secondary N) is 2. The Morgan fingerprint density at radius 3 is 2.50 bits per heavy atom. The second-order valence-electron chi connectivity index (χ2n) is 11.7. The van der Waals surface area contributed by atoms with E-state index in [9.17, 15) is 36.0 Å². The zero-order valence-electron chi connectivity index (χ0n) is 25.0. The van der Waals surface area contributed by atoms with Crippen molar-refractivity contribution in [3.8, 4) is 11.3 Å². The predicted molar refractivity (Wildman–Crippen MR) is 161 cm³/mol. The number of nitrogens with zero attached hydrogens (tertiary/aromatic N) is 2. The molecule has 46 heavy (non-hydrogen) atoms. The molecule has 1 saturated carbocycles. The van der Waals surface area contributed by atoms with Crippen LogP contribution in [0.4, 0.5) is 13.2 Å². The number of pyridine rings is 1. The zero-order valence-corrected chi connectivity index (χ0v) is 25.8. The summed E-state index contributed by atoms with van der Waals surface area (Å²) in [6.45, 7) is -0.361. The van der Waals surface area contributed by atoms with Crippen LogP contribution >= 0.6 is 0 Å². The van der Waals surface area contributed by atoms with Gasteiger partial charge in [0.1, 0.15) is 11.8 Å². The highest BCUT2D eigenvalue weighted by Gasteiger charge is 2.36. The molecule has 3 heterocycles. The minimum Gasteiger partial charge on any atom is -0.451 e. The van der Waals surface area contributed by atoms with Gasteiger partial charge in [0.15, 0.2) is 16.6 Å². The third kappa shape index (κ3) is 8.02. The molecule has 1 aliphatic carbocycles. The zero-order chi connectivity index (χ0) is 32.9. The van der Waals surface area contributed by atoms with Crippen LogP contribution in [-0.4, -0.2) is 60.5 Å². The number of benzene rings is 1. The quantitative estimate of drug-likeness (QED) is 0.331. The Morgan fingerprint density at radius 2 is 1.78 bits per heavy atom. The average Bonchev–Trinajstić information content (AvgIpc) is 3.47. The lowest BCUT2D eigenvalue weighted by molar-refractivity contribution is -0.137. The topological polar surface area (TPSA) is 139 Å². The predicted octanol–water partition coefficient (Wildman–Crippen LogP) is 4.97. The second kappa shape index (κ2) is 14.2. The standard InChI is InChI=1S/C32H35F3N4O6S/c33-32(34,35)23-11-6-10-22(19-23)27-14-15-28(45-27)31(42)38-25(18-21-8-2-1-3-9-21)30(41)37-24-12-7-17-39(20-26(24)40)46(43,44)29-13-4-5-16-36-29/h4-6,10-11,13-16,19,21,24-25H,1-3,7-9,12,17-18,20H2,(H,37,41)(H,38,42)/t24-,25+/m1/s1. The molecule has 10 nitrogen and oxygen atoms in total. The van der Waals surface area contributed by atoms with Crippen LogP contribution in [0, 0.1) is 5.92 Å². The van der Waals surface area contributed by atoms with Gasteiger partial charge in [-0.25, -0.2) is 13.4 Å². The van der Waals surface area contributed by atoms with Gasteiger partial charge in [-0.2, -0.15) is 17.5 Å². The summed E-state index contributed by atoms with van der Waals surface area (Å²) in [6.07, 6.45) is 2.47. The largest absolute Gasteiger partial charge is 0.451 e. The van der Waals surface area contributed by atoms with Crippen molar-refractivity contribution in [1.82, 2.24) is 19.9 Å². The molecular formula is C32H35F3N4O6S. The third-order valence-corrected chi connectivity index (χ3v) is 10.2. The molecule has 1 aromatic carbocycles. The summed E-state index contributed by atoms with van der Waals surface area (Å²) in [5.41, 5.74) is -0.724. The highest BCUT2D eigenvalue weighted by atomic mass is 32.2. The molecule has 2 amide bonds. The van der Waals surface area contributed by atoms with E-state index < -0.39 is 58.0 Å². The van der Waals surface area contributed by atoms with Crippen molar-refractivity contribution < 1.29 is 40.4 Å². The first-order valence-electron chi connectivity index (χ1n) is 15.2. The van der Waals surface area contributed by atoms with E-state index in [-0.39, 0.29) is 41.0 Å². The number of furan rings is 1. The lowest BCUT2D eigenvalue weighted by Crippen LogP contribution is -2.53. The molecule has 0 spiro atoms. The van der Waals surface area contributed by atoms with Crippen molar-refractivity contribution in [2.75, 3.05) is 13.1 Å². The maximum atomic E-state index is 13.6. The SMILES string of the molecule is O=C(N[C@@H](CC1CCCCC1)C(=O)N[C@@H]1CCCN(S(=O)(=O)c2ccccn2)CC1=O)c1ccc(-c2cccc(C(F)(F)F)c2)o1. The van der Waals surface area contributed by atoms with Crippen molar-refractivity contribution in [2.45, 2.75) is 74.7 Å². The Morgan fingerprint density at radius 1 is 1.00 bits per heavy atom. The maximum absolute atomic E-state index is 13.6. The molecular weight excluding hydrogens is 625 g/mol. The van der Waals surface area contributed by atoms with Crippen molar-refractivity contribution in [1.29, 1.82) is 0 Å². The van der Waals surface area contributed by atoms with Crippen LogP contribution < -0.4 is 10.6 Å². The van der Waals surface area contributed by atoms with Crippen molar-refractivity contribution in [3.05, 3.63) is 72.1 Å². The number of rotatable bonds is 9. The molecule has 2 aliphatic rings. The molecule has 0 bridgehead atoms. The first kappa shape index (κ1) is 33.3. The molecule has 3 aromatic rings. The van der Waals surface area contributed by atoms with Crippen LogP contribution in [0.5, 0.6) is 0 Å². The van der Waals surface area contributed by atoms with Gasteiger partial charge in [0.05, 0.1) is 18.2 Å². The molecule has 0 radical (unpaired) electrons. The number of alkyl halides is 3. The number of amides is 2. The Kier molecular flexibility index (Phi) is 10.3. The molecule has 1 saturated heterocycles. The van der Waals surface area contributed by atoms with Crippen LogP contribution in [0.25, 0.3) is 11.3 Å². The van der Waals surface area contributed by atoms with Crippen LogP contribution in [0.15, 0.2) is 70.2 Å². The van der Waals surface area contributed by atoms with Crippen LogP contribution in [0.2, 0.25) is 0 Å². The summed E-state index contributed by atoms with van der Waals surface area (Å²) in [6, 6.07) is 9.73. The number of aromatic nitrogens is 1. The Balaban J connectivity index is 1.28. The lowest BCUT2D eigenvalue weighted by atomic mass is 9.84. The van der Waals surface area contributed by atoms with Crippen LogP contribution in [0.3, 0.4) is 0 Å².